The molecule has 8 nitrogen and oxygen atoms in total. The second-order valence-corrected chi connectivity index (χ2v) is 7.01. The maximum absolute atomic E-state index is 12.0. The second kappa shape index (κ2) is 8.95. The normalized spacial score (nSPS) is 17.1. The first-order valence-corrected chi connectivity index (χ1v) is 8.86. The summed E-state index contributed by atoms with van der Waals surface area (Å²) in [5.41, 5.74) is 0.611. The number of likely N-dealkylation sites (N-methyl/N-ethyl adjacent to an activating group) is 1. The number of methoxy groups -OCH3 is 1. The average Bonchev–Trinajstić information content (AvgIpc) is 2.62. The van der Waals surface area contributed by atoms with Crippen LogP contribution in [0.3, 0.4) is 0 Å². The van der Waals surface area contributed by atoms with Crippen LogP contribution in [0.2, 0.25) is 0 Å². The van der Waals surface area contributed by atoms with Gasteiger partial charge in [0.25, 0.3) is 5.69 Å². The van der Waals surface area contributed by atoms with Crippen molar-refractivity contribution in [2.24, 2.45) is 5.92 Å². The Morgan fingerprint density at radius 3 is 2.50 bits per heavy atom. The topological polar surface area (TPSA) is 87.9 Å². The summed E-state index contributed by atoms with van der Waals surface area (Å²) in [6, 6.07) is 4.54. The van der Waals surface area contributed by atoms with E-state index in [1.165, 1.54) is 19.2 Å². The minimum Gasteiger partial charge on any atom is -0.465 e. The summed E-state index contributed by atoms with van der Waals surface area (Å²) < 4.78 is 4.78. The van der Waals surface area contributed by atoms with Crippen molar-refractivity contribution in [2.75, 3.05) is 52.2 Å². The van der Waals surface area contributed by atoms with Crippen LogP contribution in [0.1, 0.15) is 24.2 Å². The molecular formula is C18H28N4O4. The van der Waals surface area contributed by atoms with Gasteiger partial charge in [0.1, 0.15) is 0 Å². The van der Waals surface area contributed by atoms with E-state index in [2.05, 4.69) is 36.0 Å². The second-order valence-electron chi connectivity index (χ2n) is 7.01. The number of anilines is 1. The number of carbonyl (C=O) groups excluding carboxylic acids is 1. The van der Waals surface area contributed by atoms with Gasteiger partial charge < -0.3 is 15.0 Å². The largest absolute Gasteiger partial charge is 0.465 e. The molecule has 8 heteroatoms. The molecule has 1 unspecified atom stereocenters. The van der Waals surface area contributed by atoms with Crippen molar-refractivity contribution in [2.45, 2.75) is 19.9 Å². The van der Waals surface area contributed by atoms with Crippen molar-refractivity contribution in [1.82, 2.24) is 9.80 Å². The summed E-state index contributed by atoms with van der Waals surface area (Å²) in [5, 5.41) is 14.3. The zero-order chi connectivity index (χ0) is 19.3. The van der Waals surface area contributed by atoms with E-state index in [9.17, 15) is 14.9 Å². The van der Waals surface area contributed by atoms with Gasteiger partial charge in [-0.05, 0) is 19.0 Å². The molecule has 144 valence electrons. The number of nitro groups is 1. The Kier molecular flexibility index (Phi) is 6.93. The highest BCUT2D eigenvalue weighted by atomic mass is 16.6. The highest BCUT2D eigenvalue weighted by Crippen LogP contribution is 2.24. The molecule has 0 amide bonds. The lowest BCUT2D eigenvalue weighted by Gasteiger charge is -2.40. The molecule has 0 aliphatic carbocycles. The first-order valence-electron chi connectivity index (χ1n) is 8.86. The molecule has 1 N–H and O–H groups in total. The molecule has 1 aromatic carbocycles. The van der Waals surface area contributed by atoms with Crippen LogP contribution in [0.15, 0.2) is 18.2 Å². The van der Waals surface area contributed by atoms with E-state index in [4.69, 9.17) is 4.74 Å². The third kappa shape index (κ3) is 4.92. The Morgan fingerprint density at radius 2 is 1.96 bits per heavy atom. The Labute approximate surface area is 154 Å². The van der Waals surface area contributed by atoms with Crippen molar-refractivity contribution in [1.29, 1.82) is 0 Å². The molecule has 1 fully saturated rings. The number of benzene rings is 1. The van der Waals surface area contributed by atoms with Gasteiger partial charge in [0, 0.05) is 56.6 Å². The predicted molar refractivity (Wildman–Crippen MR) is 101 cm³/mol. The molecule has 2 rings (SSSR count). The van der Waals surface area contributed by atoms with Crippen LogP contribution in [0, 0.1) is 16.0 Å². The lowest BCUT2D eigenvalue weighted by molar-refractivity contribution is -0.384. The predicted octanol–water partition coefficient (Wildman–Crippen LogP) is 2.07. The van der Waals surface area contributed by atoms with E-state index in [0.717, 1.165) is 26.2 Å². The number of non-ortho nitro benzene ring substituents is 1. The van der Waals surface area contributed by atoms with E-state index >= 15 is 0 Å². The minimum atomic E-state index is -0.586. The summed E-state index contributed by atoms with van der Waals surface area (Å²) in [5.74, 6) is -0.151. The Morgan fingerprint density at radius 1 is 1.31 bits per heavy atom. The molecular weight excluding hydrogens is 336 g/mol. The molecule has 1 aliphatic rings. The molecule has 0 spiro atoms. The van der Waals surface area contributed by atoms with E-state index in [1.54, 1.807) is 6.07 Å². The Bertz CT molecular complexity index is 642. The van der Waals surface area contributed by atoms with Crippen molar-refractivity contribution in [3.05, 3.63) is 33.9 Å². The van der Waals surface area contributed by atoms with Crippen molar-refractivity contribution in [3.63, 3.8) is 0 Å². The first-order chi connectivity index (χ1) is 12.3. The van der Waals surface area contributed by atoms with Crippen LogP contribution in [0.5, 0.6) is 0 Å². The SMILES string of the molecule is COC(=O)c1cc([N+](=O)[O-])ccc1NCC(C(C)C)N1CCN(C)CC1. The molecule has 1 atom stereocenters. The van der Waals surface area contributed by atoms with Gasteiger partial charge in [-0.15, -0.1) is 0 Å². The van der Waals surface area contributed by atoms with Gasteiger partial charge in [0.05, 0.1) is 17.6 Å². The number of piperazine rings is 1. The molecule has 1 heterocycles. The fourth-order valence-electron chi connectivity index (χ4n) is 3.23. The van der Waals surface area contributed by atoms with Crippen LogP contribution in [0.25, 0.3) is 0 Å². The molecule has 1 saturated heterocycles. The van der Waals surface area contributed by atoms with Gasteiger partial charge >= 0.3 is 5.97 Å². The Hall–Kier alpha value is -2.19. The fourth-order valence-corrected chi connectivity index (χ4v) is 3.23. The number of ether oxygens (including phenoxy) is 1. The van der Waals surface area contributed by atoms with E-state index < -0.39 is 10.9 Å². The smallest absolute Gasteiger partial charge is 0.340 e. The van der Waals surface area contributed by atoms with E-state index in [1.807, 2.05) is 0 Å². The quantitative estimate of drug-likeness (QED) is 0.450. The number of nitrogens with one attached hydrogen (secondary N) is 1. The van der Waals surface area contributed by atoms with Gasteiger partial charge in [0.2, 0.25) is 0 Å². The molecule has 0 radical (unpaired) electrons. The highest BCUT2D eigenvalue weighted by molar-refractivity contribution is 5.96. The maximum Gasteiger partial charge on any atom is 0.340 e. The third-order valence-electron chi connectivity index (χ3n) is 4.90. The monoisotopic (exact) mass is 364 g/mol. The summed E-state index contributed by atoms with van der Waals surface area (Å²) in [7, 11) is 3.39. The summed E-state index contributed by atoms with van der Waals surface area (Å²) in [6.07, 6.45) is 0. The van der Waals surface area contributed by atoms with E-state index in [0.29, 0.717) is 24.2 Å². The number of hydrogen-bond donors (Lipinski definition) is 1. The molecule has 0 saturated carbocycles. The van der Waals surface area contributed by atoms with Crippen molar-refractivity contribution in [3.8, 4) is 0 Å². The number of rotatable bonds is 7. The molecule has 0 aromatic heterocycles. The number of nitro benzene ring substituents is 1. The number of carbonyl (C=O) groups is 1. The fraction of sp³-hybridized carbons (Fsp3) is 0.611. The summed E-state index contributed by atoms with van der Waals surface area (Å²) >= 11 is 0. The maximum atomic E-state index is 12.0. The highest BCUT2D eigenvalue weighted by Gasteiger charge is 2.25. The molecule has 1 aliphatic heterocycles. The minimum absolute atomic E-state index is 0.129. The first kappa shape index (κ1) is 20.1. The lowest BCUT2D eigenvalue weighted by atomic mass is 10.0. The number of nitrogens with zero attached hydrogens (tertiary/aromatic N) is 3. The van der Waals surface area contributed by atoms with Gasteiger partial charge in [0.15, 0.2) is 0 Å². The zero-order valence-electron chi connectivity index (χ0n) is 15.9. The van der Waals surface area contributed by atoms with Gasteiger partial charge in [-0.2, -0.15) is 0 Å². The van der Waals surface area contributed by atoms with Crippen molar-refractivity contribution >= 4 is 17.3 Å². The Balaban J connectivity index is 2.15. The molecule has 26 heavy (non-hydrogen) atoms. The van der Waals surface area contributed by atoms with Crippen LogP contribution < -0.4 is 5.32 Å². The summed E-state index contributed by atoms with van der Waals surface area (Å²) in [6.45, 7) is 9.10. The average molecular weight is 364 g/mol. The van der Waals surface area contributed by atoms with Crippen LogP contribution in [-0.2, 0) is 4.74 Å². The zero-order valence-corrected chi connectivity index (χ0v) is 15.9. The summed E-state index contributed by atoms with van der Waals surface area (Å²) in [4.78, 5) is 27.3. The van der Waals surface area contributed by atoms with Gasteiger partial charge in [-0.3, -0.25) is 15.0 Å². The number of hydrogen-bond acceptors (Lipinski definition) is 7. The standard InChI is InChI=1S/C18H28N4O4/c1-13(2)17(21-9-7-20(3)8-10-21)12-19-16-6-5-14(22(24)25)11-15(16)18(23)26-4/h5-6,11,13,17,19H,7-10,12H2,1-4H3. The molecule has 0 bridgehead atoms. The van der Waals surface area contributed by atoms with Crippen LogP contribution >= 0.6 is 0 Å². The van der Waals surface area contributed by atoms with Crippen LogP contribution in [0.4, 0.5) is 11.4 Å². The lowest BCUT2D eigenvalue weighted by Crippen LogP contribution is -2.52. The third-order valence-corrected chi connectivity index (χ3v) is 4.90. The van der Waals surface area contributed by atoms with E-state index in [-0.39, 0.29) is 11.3 Å². The van der Waals surface area contributed by atoms with Crippen LogP contribution in [-0.4, -0.2) is 73.6 Å². The van der Waals surface area contributed by atoms with Crippen molar-refractivity contribution < 1.29 is 14.5 Å². The van der Waals surface area contributed by atoms with Gasteiger partial charge in [-0.25, -0.2) is 4.79 Å². The molecule has 1 aromatic rings. The van der Waals surface area contributed by atoms with Gasteiger partial charge in [-0.1, -0.05) is 13.8 Å². The number of esters is 1.